The molecule has 0 heterocycles. The van der Waals surface area contributed by atoms with Crippen LogP contribution in [0.25, 0.3) is 0 Å². The van der Waals surface area contributed by atoms with Crippen LogP contribution in [0.3, 0.4) is 0 Å². The van der Waals surface area contributed by atoms with E-state index >= 15 is 0 Å². The Labute approximate surface area is 79.2 Å². The zero-order valence-electron chi connectivity index (χ0n) is 6.41. The van der Waals surface area contributed by atoms with Crippen molar-refractivity contribution in [2.75, 3.05) is 5.73 Å². The van der Waals surface area contributed by atoms with E-state index < -0.39 is 5.97 Å². The molecule has 0 spiro atoms. The van der Waals surface area contributed by atoms with Gasteiger partial charge < -0.3 is 10.8 Å². The SMILES string of the molecule is N#Cc1cc(Cl)cc(N)c1C(=O)O. The highest BCUT2D eigenvalue weighted by molar-refractivity contribution is 6.31. The Kier molecular flexibility index (Phi) is 2.40. The van der Waals surface area contributed by atoms with E-state index in [0.29, 0.717) is 0 Å². The molecule has 0 saturated heterocycles. The minimum atomic E-state index is -1.23. The summed E-state index contributed by atoms with van der Waals surface area (Å²) in [7, 11) is 0. The fraction of sp³-hybridized carbons (Fsp3) is 0. The van der Waals surface area contributed by atoms with Gasteiger partial charge >= 0.3 is 5.97 Å². The van der Waals surface area contributed by atoms with Crippen molar-refractivity contribution in [2.24, 2.45) is 0 Å². The van der Waals surface area contributed by atoms with Gasteiger partial charge in [0.05, 0.1) is 5.56 Å². The Morgan fingerprint density at radius 3 is 2.69 bits per heavy atom. The number of anilines is 1. The lowest BCUT2D eigenvalue weighted by atomic mass is 10.1. The number of hydrogen-bond acceptors (Lipinski definition) is 3. The summed E-state index contributed by atoms with van der Waals surface area (Å²) in [6.07, 6.45) is 0. The van der Waals surface area contributed by atoms with Crippen molar-refractivity contribution < 1.29 is 9.90 Å². The fourth-order valence-corrected chi connectivity index (χ4v) is 1.18. The Morgan fingerprint density at radius 2 is 2.23 bits per heavy atom. The maximum absolute atomic E-state index is 10.6. The molecule has 66 valence electrons. The maximum atomic E-state index is 10.6. The molecule has 0 radical (unpaired) electrons. The molecule has 0 fully saturated rings. The first kappa shape index (κ1) is 9.36. The molecule has 0 aromatic heterocycles. The Morgan fingerprint density at radius 1 is 1.62 bits per heavy atom. The Bertz CT molecular complexity index is 409. The molecule has 0 aliphatic carbocycles. The van der Waals surface area contributed by atoms with Crippen LogP contribution in [-0.2, 0) is 0 Å². The van der Waals surface area contributed by atoms with Crippen molar-refractivity contribution in [1.82, 2.24) is 0 Å². The van der Waals surface area contributed by atoms with E-state index in [2.05, 4.69) is 0 Å². The molecule has 1 aromatic carbocycles. The highest BCUT2D eigenvalue weighted by Gasteiger charge is 2.14. The third-order valence-corrected chi connectivity index (χ3v) is 1.69. The van der Waals surface area contributed by atoms with Crippen LogP contribution in [0.15, 0.2) is 12.1 Å². The summed E-state index contributed by atoms with van der Waals surface area (Å²) in [6, 6.07) is 4.28. The van der Waals surface area contributed by atoms with Crippen LogP contribution in [0.2, 0.25) is 5.02 Å². The van der Waals surface area contributed by atoms with Crippen molar-refractivity contribution in [2.45, 2.75) is 0 Å². The summed E-state index contributed by atoms with van der Waals surface area (Å²) in [5, 5.41) is 17.5. The normalized spacial score (nSPS) is 9.23. The summed E-state index contributed by atoms with van der Waals surface area (Å²) in [5.74, 6) is -1.23. The number of carbonyl (C=O) groups is 1. The van der Waals surface area contributed by atoms with Crippen LogP contribution >= 0.6 is 11.6 Å². The molecule has 1 rings (SSSR count). The summed E-state index contributed by atoms with van der Waals surface area (Å²) < 4.78 is 0. The minimum Gasteiger partial charge on any atom is -0.478 e. The van der Waals surface area contributed by atoms with Gasteiger partial charge in [-0.15, -0.1) is 0 Å². The monoisotopic (exact) mass is 196 g/mol. The van der Waals surface area contributed by atoms with E-state index in [1.54, 1.807) is 6.07 Å². The smallest absolute Gasteiger partial charge is 0.339 e. The number of nitriles is 1. The zero-order chi connectivity index (χ0) is 10.0. The van der Waals surface area contributed by atoms with Crippen LogP contribution in [0.1, 0.15) is 15.9 Å². The second kappa shape index (κ2) is 3.33. The first-order chi connectivity index (χ1) is 6.06. The molecule has 0 atom stereocenters. The van der Waals surface area contributed by atoms with Gasteiger partial charge in [-0.1, -0.05) is 11.6 Å². The van der Waals surface area contributed by atoms with Gasteiger partial charge in [-0.05, 0) is 12.1 Å². The van der Waals surface area contributed by atoms with Gasteiger partial charge in [-0.2, -0.15) is 5.26 Å². The summed E-state index contributed by atoms with van der Waals surface area (Å²) >= 11 is 5.58. The van der Waals surface area contributed by atoms with Gasteiger partial charge in [-0.25, -0.2) is 4.79 Å². The number of aromatic carboxylic acids is 1. The van der Waals surface area contributed by atoms with Crippen LogP contribution in [-0.4, -0.2) is 11.1 Å². The van der Waals surface area contributed by atoms with Gasteiger partial charge in [0.15, 0.2) is 0 Å². The average molecular weight is 197 g/mol. The molecule has 1 aromatic rings. The molecule has 13 heavy (non-hydrogen) atoms. The van der Waals surface area contributed by atoms with Crippen LogP contribution in [0.5, 0.6) is 0 Å². The van der Waals surface area contributed by atoms with Gasteiger partial charge in [0.25, 0.3) is 0 Å². The third-order valence-electron chi connectivity index (χ3n) is 1.47. The number of hydrogen-bond donors (Lipinski definition) is 2. The largest absolute Gasteiger partial charge is 0.478 e. The molecule has 0 saturated carbocycles. The molecule has 0 unspecified atom stereocenters. The van der Waals surface area contributed by atoms with Gasteiger partial charge in [0.2, 0.25) is 0 Å². The number of halogens is 1. The van der Waals surface area contributed by atoms with Crippen LogP contribution in [0.4, 0.5) is 5.69 Å². The molecule has 0 bridgehead atoms. The number of carboxylic acid groups (broad SMARTS) is 1. The molecule has 4 nitrogen and oxygen atoms in total. The predicted octanol–water partition coefficient (Wildman–Crippen LogP) is 1.49. The topological polar surface area (TPSA) is 87.1 Å². The quantitative estimate of drug-likeness (QED) is 0.667. The van der Waals surface area contributed by atoms with Crippen molar-refractivity contribution in [3.05, 3.63) is 28.3 Å². The molecule has 3 N–H and O–H groups in total. The number of nitrogen functional groups attached to an aromatic ring is 1. The standard InChI is InChI=1S/C8H5ClN2O2/c9-5-1-4(3-10)7(8(12)13)6(11)2-5/h1-2H,11H2,(H,12,13). The first-order valence-corrected chi connectivity index (χ1v) is 3.66. The second-order valence-corrected chi connectivity index (χ2v) is 2.77. The van der Waals surface area contributed by atoms with E-state index in [4.69, 9.17) is 27.7 Å². The lowest BCUT2D eigenvalue weighted by Gasteiger charge is -2.02. The number of carboxylic acids is 1. The molecule has 0 amide bonds. The Hall–Kier alpha value is -1.73. The van der Waals surface area contributed by atoms with E-state index in [-0.39, 0.29) is 21.8 Å². The fourth-order valence-electron chi connectivity index (χ4n) is 0.955. The summed E-state index contributed by atoms with van der Waals surface area (Å²) in [6.45, 7) is 0. The van der Waals surface area contributed by atoms with Crippen molar-refractivity contribution in [1.29, 1.82) is 5.26 Å². The number of nitrogens with zero attached hydrogens (tertiary/aromatic N) is 1. The second-order valence-electron chi connectivity index (χ2n) is 2.33. The lowest BCUT2D eigenvalue weighted by Crippen LogP contribution is -2.05. The highest BCUT2D eigenvalue weighted by atomic mass is 35.5. The average Bonchev–Trinajstić information content (AvgIpc) is 2.01. The third kappa shape index (κ3) is 1.71. The van der Waals surface area contributed by atoms with Gasteiger partial charge in [0.1, 0.15) is 11.6 Å². The molecular formula is C8H5ClN2O2. The van der Waals surface area contributed by atoms with Gasteiger partial charge in [0, 0.05) is 10.7 Å². The molecular weight excluding hydrogens is 192 g/mol. The van der Waals surface area contributed by atoms with Crippen LogP contribution < -0.4 is 5.73 Å². The Balaban J connectivity index is 3.50. The van der Waals surface area contributed by atoms with Gasteiger partial charge in [-0.3, -0.25) is 0 Å². The number of benzene rings is 1. The predicted molar refractivity (Wildman–Crippen MR) is 47.5 cm³/mol. The number of rotatable bonds is 1. The lowest BCUT2D eigenvalue weighted by molar-refractivity contribution is 0.0698. The summed E-state index contributed by atoms with van der Waals surface area (Å²) in [5.41, 5.74) is 5.15. The van der Waals surface area contributed by atoms with E-state index in [1.165, 1.54) is 12.1 Å². The van der Waals surface area contributed by atoms with E-state index in [9.17, 15) is 4.79 Å². The molecule has 0 aliphatic rings. The van der Waals surface area contributed by atoms with E-state index in [0.717, 1.165) is 0 Å². The minimum absolute atomic E-state index is 0.00319. The summed E-state index contributed by atoms with van der Waals surface area (Å²) in [4.78, 5) is 10.6. The number of nitrogens with two attached hydrogens (primary N) is 1. The van der Waals surface area contributed by atoms with Crippen LogP contribution in [0, 0.1) is 11.3 Å². The highest BCUT2D eigenvalue weighted by Crippen LogP contribution is 2.22. The van der Waals surface area contributed by atoms with Crippen molar-refractivity contribution in [3.8, 4) is 6.07 Å². The van der Waals surface area contributed by atoms with Crippen molar-refractivity contribution in [3.63, 3.8) is 0 Å². The van der Waals surface area contributed by atoms with E-state index in [1.807, 2.05) is 0 Å². The maximum Gasteiger partial charge on any atom is 0.339 e. The van der Waals surface area contributed by atoms with Crippen molar-refractivity contribution >= 4 is 23.3 Å². The molecule has 0 aliphatic heterocycles. The zero-order valence-corrected chi connectivity index (χ0v) is 7.17. The first-order valence-electron chi connectivity index (χ1n) is 3.28. The molecule has 5 heteroatoms.